The molecule has 0 aromatic rings. The fourth-order valence-corrected chi connectivity index (χ4v) is 0.112. The topological polar surface area (TPSA) is 63.9 Å². The van der Waals surface area contributed by atoms with Crippen LogP contribution in [0.2, 0.25) is 0 Å². The van der Waals surface area contributed by atoms with Crippen LogP contribution >= 0.6 is 0 Å². The van der Waals surface area contributed by atoms with Crippen LogP contribution in [0.3, 0.4) is 0 Å². The Morgan fingerprint density at radius 3 is 2.00 bits per heavy atom. The molecular weight excluding hydrogens is 141 g/mol. The van der Waals surface area contributed by atoms with E-state index in [9.17, 15) is 0 Å². The fraction of sp³-hybridized carbons (Fsp3) is 0.667. The zero-order chi connectivity index (χ0) is 7.70. The average molecular weight is 151 g/mol. The van der Waals surface area contributed by atoms with Gasteiger partial charge < -0.3 is 9.90 Å². The van der Waals surface area contributed by atoms with E-state index in [4.69, 9.17) is 15.2 Å². The summed E-state index contributed by atoms with van der Waals surface area (Å²) in [7, 11) is 0. The molecule has 0 rings (SSSR count). The van der Waals surface area contributed by atoms with E-state index >= 15 is 0 Å². The van der Waals surface area contributed by atoms with Crippen LogP contribution in [0.15, 0.2) is 0 Å². The normalized spacial score (nSPS) is 5.70. The SMILES string of the molecule is CC(=O)[O-].CCCC#N.[Na+]. The first-order chi connectivity index (χ1) is 4.15. The van der Waals surface area contributed by atoms with Gasteiger partial charge in [0.25, 0.3) is 0 Å². The van der Waals surface area contributed by atoms with E-state index in [1.54, 1.807) is 0 Å². The molecule has 0 aliphatic rings. The van der Waals surface area contributed by atoms with E-state index in [0.717, 1.165) is 13.3 Å². The summed E-state index contributed by atoms with van der Waals surface area (Å²) in [4.78, 5) is 8.89. The summed E-state index contributed by atoms with van der Waals surface area (Å²) in [6, 6.07) is 2.02. The predicted octanol–water partition coefficient (Wildman–Crippen LogP) is -2.93. The maximum absolute atomic E-state index is 8.89. The second-order valence-corrected chi connectivity index (χ2v) is 1.40. The Morgan fingerprint density at radius 2 is 2.00 bits per heavy atom. The van der Waals surface area contributed by atoms with Crippen LogP contribution in [0.5, 0.6) is 0 Å². The molecule has 0 aromatic carbocycles. The number of aliphatic carboxylic acids is 1. The van der Waals surface area contributed by atoms with E-state index in [1.807, 2.05) is 13.0 Å². The van der Waals surface area contributed by atoms with Crippen molar-refractivity contribution in [3.63, 3.8) is 0 Å². The molecule has 0 bridgehead atoms. The fourth-order valence-electron chi connectivity index (χ4n) is 0.112. The molecule has 0 aliphatic carbocycles. The predicted molar refractivity (Wildman–Crippen MR) is 31.2 cm³/mol. The Hall–Kier alpha value is -0.0400. The molecule has 3 nitrogen and oxygen atoms in total. The molecule has 10 heavy (non-hydrogen) atoms. The first-order valence-electron chi connectivity index (χ1n) is 2.69. The van der Waals surface area contributed by atoms with Gasteiger partial charge in [0.05, 0.1) is 6.07 Å². The monoisotopic (exact) mass is 151 g/mol. The van der Waals surface area contributed by atoms with Crippen molar-refractivity contribution >= 4 is 5.97 Å². The number of carboxylic acid groups (broad SMARTS) is 1. The molecule has 0 aromatic heterocycles. The van der Waals surface area contributed by atoms with Crippen molar-refractivity contribution < 1.29 is 39.5 Å². The first-order valence-corrected chi connectivity index (χ1v) is 2.69. The van der Waals surface area contributed by atoms with Crippen molar-refractivity contribution in [2.45, 2.75) is 26.7 Å². The summed E-state index contributed by atoms with van der Waals surface area (Å²) >= 11 is 0. The maximum Gasteiger partial charge on any atom is 1.00 e. The standard InChI is InChI=1S/C4H7N.C2H4O2.Na/c1-2-3-4-5;1-2(3)4;/h2-3H2,1H3;1H3,(H,3,4);/q;;+1/p-1. The minimum absolute atomic E-state index is 0. The van der Waals surface area contributed by atoms with Gasteiger partial charge in [-0.3, -0.25) is 0 Å². The number of carboxylic acids is 1. The Balaban J connectivity index is -0.0000000910. The Labute approximate surface area is 83.3 Å². The van der Waals surface area contributed by atoms with Gasteiger partial charge in [-0.05, 0) is 13.3 Å². The molecule has 0 heterocycles. The average Bonchev–Trinajstić information content (AvgIpc) is 1.66. The Bertz CT molecular complexity index is 105. The third kappa shape index (κ3) is 100. The Morgan fingerprint density at radius 1 is 1.70 bits per heavy atom. The van der Waals surface area contributed by atoms with Crippen LogP contribution in [0.4, 0.5) is 0 Å². The molecule has 4 heteroatoms. The van der Waals surface area contributed by atoms with Crippen molar-refractivity contribution in [3.05, 3.63) is 0 Å². The van der Waals surface area contributed by atoms with Crippen LogP contribution in [0, 0.1) is 11.3 Å². The summed E-state index contributed by atoms with van der Waals surface area (Å²) in [5.41, 5.74) is 0. The molecule has 0 amide bonds. The van der Waals surface area contributed by atoms with E-state index < -0.39 is 5.97 Å². The molecule has 0 aliphatic heterocycles. The van der Waals surface area contributed by atoms with Crippen molar-refractivity contribution in [1.82, 2.24) is 0 Å². The van der Waals surface area contributed by atoms with Crippen molar-refractivity contribution in [3.8, 4) is 6.07 Å². The molecule has 0 atom stereocenters. The number of hydrogen-bond donors (Lipinski definition) is 0. The van der Waals surface area contributed by atoms with Crippen LogP contribution in [0.25, 0.3) is 0 Å². The van der Waals surface area contributed by atoms with Gasteiger partial charge in [0, 0.05) is 12.4 Å². The number of carbonyl (C=O) groups is 1. The van der Waals surface area contributed by atoms with Gasteiger partial charge >= 0.3 is 29.6 Å². The van der Waals surface area contributed by atoms with Gasteiger partial charge in [-0.25, -0.2) is 0 Å². The summed E-state index contributed by atoms with van der Waals surface area (Å²) < 4.78 is 0. The summed E-state index contributed by atoms with van der Waals surface area (Å²) in [6.07, 6.45) is 1.68. The zero-order valence-corrected chi connectivity index (χ0v) is 8.68. The van der Waals surface area contributed by atoms with Crippen molar-refractivity contribution in [1.29, 1.82) is 5.26 Å². The summed E-state index contributed by atoms with van der Waals surface area (Å²) in [5.74, 6) is -1.08. The zero-order valence-electron chi connectivity index (χ0n) is 6.68. The quantitative estimate of drug-likeness (QED) is 0.377. The number of hydrogen-bond acceptors (Lipinski definition) is 3. The van der Waals surface area contributed by atoms with Gasteiger partial charge in [0.1, 0.15) is 0 Å². The van der Waals surface area contributed by atoms with Crippen LogP contribution < -0.4 is 34.7 Å². The maximum atomic E-state index is 8.89. The molecule has 0 saturated heterocycles. The largest absolute Gasteiger partial charge is 1.00 e. The Kier molecular flexibility index (Phi) is 26.4. The van der Waals surface area contributed by atoms with Crippen molar-refractivity contribution in [2.75, 3.05) is 0 Å². The third-order valence-electron chi connectivity index (χ3n) is 0.362. The van der Waals surface area contributed by atoms with Crippen LogP contribution in [-0.4, -0.2) is 5.97 Å². The van der Waals surface area contributed by atoms with Gasteiger partial charge in [0.15, 0.2) is 0 Å². The molecule has 0 saturated carbocycles. The minimum atomic E-state index is -1.08. The van der Waals surface area contributed by atoms with E-state index in [1.165, 1.54) is 0 Å². The van der Waals surface area contributed by atoms with E-state index in [-0.39, 0.29) is 29.6 Å². The number of carbonyl (C=O) groups excluding carboxylic acids is 1. The first kappa shape index (κ1) is 16.5. The second kappa shape index (κ2) is 16.0. The molecule has 0 radical (unpaired) electrons. The molecule has 0 fully saturated rings. The minimum Gasteiger partial charge on any atom is -0.550 e. The third-order valence-corrected chi connectivity index (χ3v) is 0.362. The molecule has 0 unspecified atom stereocenters. The number of nitriles is 1. The number of nitrogens with zero attached hydrogens (tertiary/aromatic N) is 1. The molecule has 0 spiro atoms. The second-order valence-electron chi connectivity index (χ2n) is 1.40. The van der Waals surface area contributed by atoms with Gasteiger partial charge in [-0.2, -0.15) is 5.26 Å². The molecule has 52 valence electrons. The smallest absolute Gasteiger partial charge is 0.550 e. The van der Waals surface area contributed by atoms with E-state index in [2.05, 4.69) is 0 Å². The van der Waals surface area contributed by atoms with Crippen LogP contribution in [-0.2, 0) is 4.79 Å². The molecular formula is C6H10NNaO2. The van der Waals surface area contributed by atoms with E-state index in [0.29, 0.717) is 6.42 Å². The molecule has 0 N–H and O–H groups in total. The summed E-state index contributed by atoms with van der Waals surface area (Å²) in [6.45, 7) is 2.96. The summed E-state index contributed by atoms with van der Waals surface area (Å²) in [5, 5.41) is 16.7. The number of unbranched alkanes of at least 4 members (excludes halogenated alkanes) is 1. The van der Waals surface area contributed by atoms with Crippen LogP contribution in [0.1, 0.15) is 26.7 Å². The number of rotatable bonds is 1. The van der Waals surface area contributed by atoms with Gasteiger partial charge in [-0.1, -0.05) is 6.92 Å². The van der Waals surface area contributed by atoms with Crippen molar-refractivity contribution in [2.24, 2.45) is 0 Å². The van der Waals surface area contributed by atoms with Gasteiger partial charge in [-0.15, -0.1) is 0 Å². The van der Waals surface area contributed by atoms with Gasteiger partial charge in [0.2, 0.25) is 0 Å².